The first-order valence-corrected chi connectivity index (χ1v) is 14.5. The van der Waals surface area contributed by atoms with Gasteiger partial charge in [0.1, 0.15) is 28.8 Å². The van der Waals surface area contributed by atoms with E-state index < -0.39 is 11.6 Å². The predicted molar refractivity (Wildman–Crippen MR) is 160 cm³/mol. The number of hydrogen-bond acceptors (Lipinski definition) is 6. The summed E-state index contributed by atoms with van der Waals surface area (Å²) < 4.78 is 38.0. The molecule has 2 aliphatic heterocycles. The summed E-state index contributed by atoms with van der Waals surface area (Å²) in [5.41, 5.74) is 4.91. The smallest absolute Gasteiger partial charge is 0.251 e. The van der Waals surface area contributed by atoms with Crippen LogP contribution in [0.1, 0.15) is 28.5 Å². The van der Waals surface area contributed by atoms with Crippen molar-refractivity contribution in [2.45, 2.75) is 32.6 Å². The van der Waals surface area contributed by atoms with Crippen LogP contribution in [0, 0.1) is 11.6 Å². The number of nitrogens with zero attached hydrogens (tertiary/aromatic N) is 4. The van der Waals surface area contributed by atoms with Crippen LogP contribution in [0.5, 0.6) is 5.75 Å². The summed E-state index contributed by atoms with van der Waals surface area (Å²) in [6.45, 7) is 6.79. The molecule has 2 aliphatic rings. The van der Waals surface area contributed by atoms with Crippen LogP contribution in [0.3, 0.4) is 0 Å². The molecule has 2 amide bonds. The highest BCUT2D eigenvalue weighted by atomic mass is 32.1. The van der Waals surface area contributed by atoms with Crippen LogP contribution in [0.4, 0.5) is 8.78 Å². The Labute approximate surface area is 249 Å². The van der Waals surface area contributed by atoms with E-state index >= 15 is 4.39 Å². The molecule has 7 rings (SSSR count). The highest BCUT2D eigenvalue weighted by Crippen LogP contribution is 2.47. The van der Waals surface area contributed by atoms with Crippen LogP contribution >= 0.6 is 11.3 Å². The van der Waals surface area contributed by atoms with Crippen molar-refractivity contribution in [3.8, 4) is 39.5 Å². The molecule has 3 aromatic heterocycles. The van der Waals surface area contributed by atoms with E-state index in [-0.39, 0.29) is 29.2 Å². The molecular formula is C32H25F2N5O3S. The average molecular weight is 598 g/mol. The van der Waals surface area contributed by atoms with Gasteiger partial charge in [0.25, 0.3) is 5.91 Å². The number of pyridine rings is 1. The van der Waals surface area contributed by atoms with E-state index in [2.05, 4.69) is 11.9 Å². The number of rotatable bonds is 5. The summed E-state index contributed by atoms with van der Waals surface area (Å²) in [7, 11) is 1.36. The average Bonchev–Trinajstić information content (AvgIpc) is 3.74. The summed E-state index contributed by atoms with van der Waals surface area (Å²) >= 11 is 1.39. The molecule has 5 aromatic rings. The Hall–Kier alpha value is -4.90. The molecular weight excluding hydrogens is 572 g/mol. The number of amides is 2. The summed E-state index contributed by atoms with van der Waals surface area (Å²) in [4.78, 5) is 31.8. The molecule has 0 aliphatic carbocycles. The van der Waals surface area contributed by atoms with Crippen molar-refractivity contribution in [1.29, 1.82) is 0 Å². The van der Waals surface area contributed by atoms with Gasteiger partial charge in [-0.15, -0.1) is 11.3 Å². The number of hydrogen-bond donors (Lipinski definition) is 1. The lowest BCUT2D eigenvalue weighted by molar-refractivity contribution is -0.129. The number of carbonyl (C=O) groups is 2. The zero-order valence-corrected chi connectivity index (χ0v) is 24.1. The second-order valence-electron chi connectivity index (χ2n) is 10.6. The lowest BCUT2D eigenvalue weighted by Gasteiger charge is -2.33. The molecule has 2 aromatic carbocycles. The molecule has 0 fully saturated rings. The van der Waals surface area contributed by atoms with Gasteiger partial charge in [0, 0.05) is 51.5 Å². The summed E-state index contributed by atoms with van der Waals surface area (Å²) in [5.74, 6) is -1.86. The monoisotopic (exact) mass is 597 g/mol. The number of methoxy groups -OCH3 is 1. The molecule has 1 atom stereocenters. The van der Waals surface area contributed by atoms with Gasteiger partial charge in [-0.3, -0.25) is 14.3 Å². The fraction of sp³-hybridized carbons (Fsp3) is 0.188. The third kappa shape index (κ3) is 4.30. The largest absolute Gasteiger partial charge is 0.496 e. The van der Waals surface area contributed by atoms with E-state index in [9.17, 15) is 14.0 Å². The summed E-state index contributed by atoms with van der Waals surface area (Å²) in [6, 6.07) is 11.2. The molecule has 0 saturated carbocycles. The molecule has 216 valence electrons. The third-order valence-electron chi connectivity index (χ3n) is 8.03. The molecule has 0 saturated heterocycles. The first kappa shape index (κ1) is 27.0. The van der Waals surface area contributed by atoms with Crippen LogP contribution in [0.2, 0.25) is 0 Å². The van der Waals surface area contributed by atoms with Gasteiger partial charge >= 0.3 is 0 Å². The Morgan fingerprint density at radius 3 is 2.79 bits per heavy atom. The van der Waals surface area contributed by atoms with Crippen LogP contribution in [0.25, 0.3) is 43.9 Å². The summed E-state index contributed by atoms with van der Waals surface area (Å²) in [5, 5.41) is 10.3. The predicted octanol–water partition coefficient (Wildman–Crippen LogP) is 5.94. The number of nitrogens with one attached hydrogen (secondary N) is 1. The molecule has 0 bridgehead atoms. The fourth-order valence-electron chi connectivity index (χ4n) is 5.92. The Morgan fingerprint density at radius 1 is 1.16 bits per heavy atom. The van der Waals surface area contributed by atoms with Crippen LogP contribution in [-0.2, 0) is 24.4 Å². The number of carbonyl (C=O) groups excluding carboxylic acids is 2. The maximum Gasteiger partial charge on any atom is 0.251 e. The van der Waals surface area contributed by atoms with Crippen molar-refractivity contribution in [2.75, 3.05) is 7.11 Å². The van der Waals surface area contributed by atoms with Gasteiger partial charge in [-0.05, 0) is 42.1 Å². The minimum Gasteiger partial charge on any atom is -0.496 e. The quantitative estimate of drug-likeness (QED) is 0.253. The van der Waals surface area contributed by atoms with E-state index in [0.717, 1.165) is 34.3 Å². The van der Waals surface area contributed by atoms with Gasteiger partial charge < -0.3 is 15.0 Å². The van der Waals surface area contributed by atoms with Gasteiger partial charge in [-0.1, -0.05) is 18.7 Å². The maximum absolute atomic E-state index is 15.7. The Balaban J connectivity index is 1.51. The van der Waals surface area contributed by atoms with Crippen molar-refractivity contribution in [3.05, 3.63) is 89.0 Å². The van der Waals surface area contributed by atoms with Gasteiger partial charge in [0.15, 0.2) is 0 Å². The molecule has 0 spiro atoms. The second-order valence-corrected chi connectivity index (χ2v) is 11.5. The molecule has 0 radical (unpaired) electrons. The van der Waals surface area contributed by atoms with E-state index in [1.807, 2.05) is 47.3 Å². The highest BCUT2D eigenvalue weighted by molar-refractivity contribution is 7.18. The number of halogens is 2. The van der Waals surface area contributed by atoms with Crippen molar-refractivity contribution in [1.82, 2.24) is 25.0 Å². The molecule has 43 heavy (non-hydrogen) atoms. The number of aromatic nitrogens is 3. The lowest BCUT2D eigenvalue weighted by Crippen LogP contribution is -2.44. The van der Waals surface area contributed by atoms with E-state index in [4.69, 9.17) is 14.8 Å². The number of ether oxygens (including phenoxy) is 1. The van der Waals surface area contributed by atoms with Crippen LogP contribution < -0.4 is 10.1 Å². The molecule has 1 unspecified atom stereocenters. The zero-order chi connectivity index (χ0) is 30.0. The van der Waals surface area contributed by atoms with Crippen molar-refractivity contribution in [2.24, 2.45) is 0 Å². The third-order valence-corrected chi connectivity index (χ3v) is 8.96. The van der Waals surface area contributed by atoms with Gasteiger partial charge in [0.2, 0.25) is 5.91 Å². The maximum atomic E-state index is 15.7. The molecule has 8 nitrogen and oxygen atoms in total. The Morgan fingerprint density at radius 2 is 2.00 bits per heavy atom. The van der Waals surface area contributed by atoms with Crippen molar-refractivity contribution >= 4 is 33.2 Å². The van der Waals surface area contributed by atoms with Crippen LogP contribution in [0.15, 0.2) is 60.5 Å². The minimum absolute atomic E-state index is 0.0255. The zero-order valence-electron chi connectivity index (χ0n) is 23.3. The molecule has 1 N–H and O–H groups in total. The fourth-order valence-corrected chi connectivity index (χ4v) is 6.87. The SMILES string of the molecule is C=CC(=O)N1Cc2cc(-c3nc(-c4ccc5c(c4)C(=O)NC5)c4ccsc4c3-c3c(F)cc(F)cc3OC)nn2CC1C. The Bertz CT molecular complexity index is 2000. The highest BCUT2D eigenvalue weighted by Gasteiger charge is 2.31. The van der Waals surface area contributed by atoms with Gasteiger partial charge in [-0.25, -0.2) is 13.8 Å². The van der Waals surface area contributed by atoms with E-state index in [1.54, 1.807) is 4.90 Å². The second kappa shape index (κ2) is 10.1. The van der Waals surface area contributed by atoms with Crippen LogP contribution in [-0.4, -0.2) is 44.6 Å². The number of thiophene rings is 1. The summed E-state index contributed by atoms with van der Waals surface area (Å²) in [6.07, 6.45) is 1.29. The van der Waals surface area contributed by atoms with Gasteiger partial charge in [0.05, 0.1) is 37.2 Å². The van der Waals surface area contributed by atoms with Gasteiger partial charge in [-0.2, -0.15) is 5.10 Å². The first-order valence-electron chi connectivity index (χ1n) is 13.6. The standard InChI is InChI=1S/C32H25F2N5O3S/c1-4-26(40)38-15-20-12-24(37-39(20)14-16(38)2)30-28(27-23(34)10-19(33)11-25(27)42-3)31-21(7-8-43-31)29(36-30)17-5-6-18-13-35-32(41)22(18)9-17/h4-12,16H,1,13-15H2,2-3H3,(H,35,41). The molecule has 5 heterocycles. The topological polar surface area (TPSA) is 89.3 Å². The Kier molecular flexibility index (Phi) is 6.35. The van der Waals surface area contributed by atoms with Crippen molar-refractivity contribution < 1.29 is 23.1 Å². The van der Waals surface area contributed by atoms with E-state index in [1.165, 1.54) is 24.5 Å². The first-order chi connectivity index (χ1) is 20.8. The molecule has 11 heteroatoms. The minimum atomic E-state index is -0.795. The number of benzene rings is 2. The van der Waals surface area contributed by atoms with E-state index in [0.29, 0.717) is 52.5 Å². The number of fused-ring (bicyclic) bond motifs is 3. The normalized spacial score (nSPS) is 15.8. The lowest BCUT2D eigenvalue weighted by atomic mass is 9.95. The van der Waals surface area contributed by atoms with Crippen molar-refractivity contribution in [3.63, 3.8) is 0 Å².